The number of hydrogen-bond donors (Lipinski definition) is 1. The highest BCUT2D eigenvalue weighted by molar-refractivity contribution is 7.22. The van der Waals surface area contributed by atoms with Crippen molar-refractivity contribution >= 4 is 32.5 Å². The Balaban J connectivity index is 1.41. The van der Waals surface area contributed by atoms with Crippen molar-refractivity contribution in [3.8, 4) is 0 Å². The Kier molecular flexibility index (Phi) is 5.35. The Morgan fingerprint density at radius 3 is 2.59 bits per heavy atom. The van der Waals surface area contributed by atoms with Gasteiger partial charge in [0.2, 0.25) is 0 Å². The zero-order chi connectivity index (χ0) is 20.6. The third-order valence-electron chi connectivity index (χ3n) is 4.71. The first-order valence-corrected chi connectivity index (χ1v) is 10.2. The fraction of sp³-hybridized carbons (Fsp3) is 0.400. The summed E-state index contributed by atoms with van der Waals surface area (Å²) in [7, 11) is 0. The van der Waals surface area contributed by atoms with E-state index in [1.807, 2.05) is 18.3 Å². The highest BCUT2D eigenvalue weighted by atomic mass is 32.1. The van der Waals surface area contributed by atoms with Gasteiger partial charge in [-0.1, -0.05) is 17.4 Å². The predicted octanol–water partition coefficient (Wildman–Crippen LogP) is 4.94. The van der Waals surface area contributed by atoms with Gasteiger partial charge in [0.15, 0.2) is 5.13 Å². The number of fused-ring (bicyclic) bond motifs is 1. The Morgan fingerprint density at radius 2 is 1.93 bits per heavy atom. The second-order valence-electron chi connectivity index (χ2n) is 7.24. The van der Waals surface area contributed by atoms with Gasteiger partial charge in [0.1, 0.15) is 5.82 Å². The normalized spacial score (nSPS) is 20.2. The van der Waals surface area contributed by atoms with Crippen LogP contribution in [0.2, 0.25) is 0 Å². The van der Waals surface area contributed by atoms with E-state index < -0.39 is 11.7 Å². The minimum atomic E-state index is -4.37. The van der Waals surface area contributed by atoms with E-state index in [1.165, 1.54) is 17.4 Å². The zero-order valence-electron chi connectivity index (χ0n) is 16.0. The lowest BCUT2D eigenvalue weighted by Gasteiger charge is -2.36. The van der Waals surface area contributed by atoms with E-state index in [0.29, 0.717) is 21.9 Å². The molecule has 0 aliphatic carbocycles. The second-order valence-corrected chi connectivity index (χ2v) is 8.27. The molecule has 1 aliphatic rings. The first kappa shape index (κ1) is 19.9. The van der Waals surface area contributed by atoms with Gasteiger partial charge in [0, 0.05) is 25.8 Å². The first-order chi connectivity index (χ1) is 13.8. The quantitative estimate of drug-likeness (QED) is 0.646. The molecule has 0 radical (unpaired) electrons. The van der Waals surface area contributed by atoms with Gasteiger partial charge < -0.3 is 15.0 Å². The van der Waals surface area contributed by atoms with Gasteiger partial charge >= 0.3 is 6.18 Å². The van der Waals surface area contributed by atoms with E-state index in [-0.39, 0.29) is 12.2 Å². The van der Waals surface area contributed by atoms with Crippen molar-refractivity contribution in [2.24, 2.45) is 0 Å². The summed E-state index contributed by atoms with van der Waals surface area (Å²) in [6, 6.07) is 7.60. The third kappa shape index (κ3) is 4.62. The number of hydrogen-bond acceptors (Lipinski definition) is 6. The molecule has 1 N–H and O–H groups in total. The van der Waals surface area contributed by atoms with Crippen LogP contribution in [-0.2, 0) is 17.5 Å². The van der Waals surface area contributed by atoms with E-state index in [0.717, 1.165) is 36.6 Å². The molecule has 5 nitrogen and oxygen atoms in total. The molecular weight excluding hydrogens is 401 g/mol. The van der Waals surface area contributed by atoms with Crippen LogP contribution in [0.4, 0.5) is 24.1 Å². The van der Waals surface area contributed by atoms with Crippen LogP contribution < -0.4 is 10.2 Å². The van der Waals surface area contributed by atoms with Gasteiger partial charge in [0.25, 0.3) is 0 Å². The fourth-order valence-corrected chi connectivity index (χ4v) is 4.27. The lowest BCUT2D eigenvalue weighted by molar-refractivity contribution is -0.137. The maximum absolute atomic E-state index is 12.8. The maximum Gasteiger partial charge on any atom is 0.416 e. The molecule has 0 amide bonds. The van der Waals surface area contributed by atoms with E-state index >= 15 is 0 Å². The van der Waals surface area contributed by atoms with E-state index in [4.69, 9.17) is 4.74 Å². The summed E-state index contributed by atoms with van der Waals surface area (Å²) in [6.07, 6.45) is -2.23. The van der Waals surface area contributed by atoms with Crippen molar-refractivity contribution in [2.75, 3.05) is 23.3 Å². The van der Waals surface area contributed by atoms with Crippen molar-refractivity contribution in [1.82, 2.24) is 9.97 Å². The second kappa shape index (κ2) is 7.79. The molecule has 3 aromatic rings. The van der Waals surface area contributed by atoms with Crippen molar-refractivity contribution < 1.29 is 17.9 Å². The van der Waals surface area contributed by atoms with Gasteiger partial charge in [-0.15, -0.1) is 0 Å². The van der Waals surface area contributed by atoms with Gasteiger partial charge in [-0.05, 0) is 43.7 Å². The van der Waals surface area contributed by atoms with Crippen LogP contribution in [0.1, 0.15) is 25.0 Å². The van der Waals surface area contributed by atoms with Crippen molar-refractivity contribution in [3.05, 3.63) is 47.7 Å². The molecule has 1 fully saturated rings. The topological polar surface area (TPSA) is 50.3 Å². The molecule has 1 aromatic carbocycles. The summed E-state index contributed by atoms with van der Waals surface area (Å²) >= 11 is 1.33. The molecular formula is C20H21F3N4OS. The number of ether oxygens (including phenoxy) is 1. The van der Waals surface area contributed by atoms with Gasteiger partial charge in [0.05, 0.1) is 28.0 Å². The zero-order valence-corrected chi connectivity index (χ0v) is 16.8. The molecule has 2 aromatic heterocycles. The van der Waals surface area contributed by atoms with Crippen LogP contribution in [0.15, 0.2) is 36.5 Å². The summed E-state index contributed by atoms with van der Waals surface area (Å²) < 4.78 is 45.0. The number of anilines is 2. The number of halogens is 3. The molecule has 154 valence electrons. The molecule has 3 heterocycles. The summed E-state index contributed by atoms with van der Waals surface area (Å²) in [4.78, 5) is 11.0. The number of morpholine rings is 1. The molecule has 29 heavy (non-hydrogen) atoms. The Hall–Kier alpha value is -2.39. The standard InChI is InChI=1S/C20H21F3N4OS/c1-12-10-27(11-13(2)28-12)18-6-3-14(8-24-18)9-25-19-26-16-7-15(20(21,22)23)4-5-17(16)29-19/h3-8,12-13H,9-11H2,1-2H3,(H,25,26)/t12-,13+. The molecule has 0 unspecified atom stereocenters. The van der Waals surface area contributed by atoms with Crippen LogP contribution in [0.3, 0.4) is 0 Å². The number of nitrogens with zero attached hydrogens (tertiary/aromatic N) is 3. The van der Waals surface area contributed by atoms with Crippen LogP contribution >= 0.6 is 11.3 Å². The highest BCUT2D eigenvalue weighted by Gasteiger charge is 2.30. The first-order valence-electron chi connectivity index (χ1n) is 9.35. The molecule has 0 bridgehead atoms. The van der Waals surface area contributed by atoms with Crippen molar-refractivity contribution in [1.29, 1.82) is 0 Å². The van der Waals surface area contributed by atoms with Crippen molar-refractivity contribution in [3.63, 3.8) is 0 Å². The number of nitrogens with one attached hydrogen (secondary N) is 1. The van der Waals surface area contributed by atoms with Crippen molar-refractivity contribution in [2.45, 2.75) is 38.8 Å². The number of rotatable bonds is 4. The number of alkyl halides is 3. The summed E-state index contributed by atoms with van der Waals surface area (Å²) in [5.41, 5.74) is 0.628. The summed E-state index contributed by atoms with van der Waals surface area (Å²) in [6.45, 7) is 6.21. The smallest absolute Gasteiger partial charge is 0.372 e. The summed E-state index contributed by atoms with van der Waals surface area (Å²) in [5.74, 6) is 0.912. The lowest BCUT2D eigenvalue weighted by atomic mass is 10.2. The Bertz CT molecular complexity index is 980. The number of thiazole rings is 1. The van der Waals surface area contributed by atoms with Gasteiger partial charge in [-0.3, -0.25) is 0 Å². The SMILES string of the molecule is C[C@@H]1CN(c2ccc(CNc3nc4cc(C(F)(F)F)ccc4s3)cn2)C[C@H](C)O1. The molecule has 2 atom stereocenters. The van der Waals surface area contributed by atoms with E-state index in [9.17, 15) is 13.2 Å². The van der Waals surface area contributed by atoms with Gasteiger partial charge in [-0.25, -0.2) is 9.97 Å². The third-order valence-corrected chi connectivity index (χ3v) is 5.71. The average molecular weight is 422 g/mol. The number of pyridine rings is 1. The van der Waals surface area contributed by atoms with E-state index in [1.54, 1.807) is 0 Å². The maximum atomic E-state index is 12.8. The molecule has 0 saturated carbocycles. The van der Waals surface area contributed by atoms with E-state index in [2.05, 4.69) is 34.0 Å². The van der Waals surface area contributed by atoms with Gasteiger partial charge in [-0.2, -0.15) is 13.2 Å². The molecule has 9 heteroatoms. The minimum Gasteiger partial charge on any atom is -0.372 e. The monoisotopic (exact) mass is 422 g/mol. The Labute approximate surface area is 170 Å². The van der Waals surface area contributed by atoms with Crippen LogP contribution in [0.25, 0.3) is 10.2 Å². The predicted molar refractivity (Wildman–Crippen MR) is 108 cm³/mol. The highest BCUT2D eigenvalue weighted by Crippen LogP contribution is 2.34. The molecule has 1 saturated heterocycles. The molecule has 1 aliphatic heterocycles. The molecule has 0 spiro atoms. The number of benzene rings is 1. The summed E-state index contributed by atoms with van der Waals surface area (Å²) in [5, 5.41) is 3.76. The van der Waals surface area contributed by atoms with Crippen LogP contribution in [-0.4, -0.2) is 35.3 Å². The van der Waals surface area contributed by atoms with Crippen LogP contribution in [0.5, 0.6) is 0 Å². The van der Waals surface area contributed by atoms with Crippen LogP contribution in [0, 0.1) is 0 Å². The Morgan fingerprint density at radius 1 is 1.17 bits per heavy atom. The minimum absolute atomic E-state index is 0.166. The molecule has 4 rings (SSSR count). The number of aromatic nitrogens is 2. The largest absolute Gasteiger partial charge is 0.416 e. The lowest BCUT2D eigenvalue weighted by Crippen LogP contribution is -2.45. The fourth-order valence-electron chi connectivity index (χ4n) is 3.43. The average Bonchev–Trinajstić information content (AvgIpc) is 3.07.